The summed E-state index contributed by atoms with van der Waals surface area (Å²) in [4.78, 5) is 37.6. The van der Waals surface area contributed by atoms with Crippen molar-refractivity contribution in [1.82, 2.24) is 0 Å². The van der Waals surface area contributed by atoms with Crippen LogP contribution in [0.25, 0.3) is 0 Å². The molecule has 1 aliphatic rings. The van der Waals surface area contributed by atoms with Crippen LogP contribution in [0.4, 0.5) is 5.69 Å². The average Bonchev–Trinajstić information content (AvgIpc) is 3.00. The van der Waals surface area contributed by atoms with Crippen molar-refractivity contribution in [2.24, 2.45) is 0 Å². The molecule has 1 unspecified atom stereocenters. The quantitative estimate of drug-likeness (QED) is 0.331. The van der Waals surface area contributed by atoms with E-state index in [0.717, 1.165) is 6.08 Å². The first-order valence-corrected chi connectivity index (χ1v) is 8.51. The maximum Gasteiger partial charge on any atom is 0.330 e. The van der Waals surface area contributed by atoms with E-state index in [1.807, 2.05) is 0 Å². The zero-order chi connectivity index (χ0) is 20.0. The highest BCUT2D eigenvalue weighted by Crippen LogP contribution is 2.45. The molecule has 0 saturated heterocycles. The van der Waals surface area contributed by atoms with Gasteiger partial charge in [0.25, 0.3) is 0 Å². The maximum atomic E-state index is 13.0. The van der Waals surface area contributed by atoms with Crippen LogP contribution >= 0.6 is 0 Å². The Morgan fingerprint density at radius 1 is 1.11 bits per heavy atom. The number of hydrogen-bond acceptors (Lipinski definition) is 8. The zero-order valence-electron chi connectivity index (χ0n) is 15.7. The second-order valence-corrected chi connectivity index (χ2v) is 5.66. The molecule has 0 amide bonds. The fourth-order valence-electron chi connectivity index (χ4n) is 3.03. The predicted molar refractivity (Wildman–Crippen MR) is 96.5 cm³/mol. The standard InChI is InChI=1S/C19H23NO7/c1-5-26-17(22)19(18(23)27-6-2)13-11-12(24-3)7-8-14(13)20-15(19)9-10-16(21)25-4/h7-11,15,20H,5-6H2,1-4H3/b10-9+. The first-order valence-electron chi connectivity index (χ1n) is 8.51. The molecular formula is C19H23NO7. The Morgan fingerprint density at radius 2 is 1.74 bits per heavy atom. The first kappa shape index (κ1) is 20.3. The van der Waals surface area contributed by atoms with Crippen LogP contribution in [0.2, 0.25) is 0 Å². The summed E-state index contributed by atoms with van der Waals surface area (Å²) in [6.45, 7) is 3.44. The minimum Gasteiger partial charge on any atom is -0.497 e. The topological polar surface area (TPSA) is 100 Å². The van der Waals surface area contributed by atoms with E-state index in [9.17, 15) is 14.4 Å². The van der Waals surface area contributed by atoms with Crippen molar-refractivity contribution in [3.05, 3.63) is 35.9 Å². The SMILES string of the molecule is CCOC(=O)C1(C(=O)OCC)c2cc(OC)ccc2NC1/C=C/C(=O)OC. The predicted octanol–water partition coefficient (Wildman–Crippen LogP) is 1.58. The second kappa shape index (κ2) is 8.57. The molecule has 1 aliphatic heterocycles. The third-order valence-corrected chi connectivity index (χ3v) is 4.25. The van der Waals surface area contributed by atoms with E-state index in [1.165, 1.54) is 20.3 Å². The smallest absolute Gasteiger partial charge is 0.330 e. The van der Waals surface area contributed by atoms with E-state index < -0.39 is 29.4 Å². The molecule has 1 aromatic rings. The van der Waals surface area contributed by atoms with E-state index >= 15 is 0 Å². The lowest BCUT2D eigenvalue weighted by atomic mass is 9.76. The maximum absolute atomic E-state index is 13.0. The van der Waals surface area contributed by atoms with E-state index in [4.69, 9.17) is 14.2 Å². The summed E-state index contributed by atoms with van der Waals surface area (Å²) in [7, 11) is 2.72. The van der Waals surface area contributed by atoms with E-state index in [1.54, 1.807) is 32.0 Å². The van der Waals surface area contributed by atoms with Gasteiger partial charge in [-0.15, -0.1) is 0 Å². The van der Waals surface area contributed by atoms with Crippen LogP contribution in [-0.2, 0) is 34.0 Å². The van der Waals surface area contributed by atoms with Crippen LogP contribution in [-0.4, -0.2) is 51.4 Å². The number of ether oxygens (including phenoxy) is 4. The molecule has 146 valence electrons. The Morgan fingerprint density at radius 3 is 2.26 bits per heavy atom. The minimum absolute atomic E-state index is 0.0761. The molecule has 0 spiro atoms. The van der Waals surface area contributed by atoms with E-state index in [-0.39, 0.29) is 13.2 Å². The largest absolute Gasteiger partial charge is 0.497 e. The molecule has 1 aromatic carbocycles. The van der Waals surface area contributed by atoms with Crippen LogP contribution < -0.4 is 10.1 Å². The minimum atomic E-state index is -1.82. The monoisotopic (exact) mass is 377 g/mol. The van der Waals surface area contributed by atoms with Gasteiger partial charge in [-0.1, -0.05) is 6.08 Å². The van der Waals surface area contributed by atoms with Crippen LogP contribution in [0.5, 0.6) is 5.75 Å². The number of hydrogen-bond donors (Lipinski definition) is 1. The Labute approximate surface area is 157 Å². The molecule has 0 bridgehead atoms. The van der Waals surface area contributed by atoms with Crippen molar-refractivity contribution in [3.63, 3.8) is 0 Å². The van der Waals surface area contributed by atoms with Crippen molar-refractivity contribution in [2.75, 3.05) is 32.8 Å². The second-order valence-electron chi connectivity index (χ2n) is 5.66. The van der Waals surface area contributed by atoms with Gasteiger partial charge in [0.1, 0.15) is 5.75 Å². The number of fused-ring (bicyclic) bond motifs is 1. The van der Waals surface area contributed by atoms with E-state index in [0.29, 0.717) is 17.0 Å². The summed E-state index contributed by atoms with van der Waals surface area (Å²) in [5.74, 6) is -1.71. The lowest BCUT2D eigenvalue weighted by molar-refractivity contribution is -0.164. The van der Waals surface area contributed by atoms with Crippen LogP contribution in [0.15, 0.2) is 30.4 Å². The molecule has 8 nitrogen and oxygen atoms in total. The Kier molecular flexibility index (Phi) is 6.44. The van der Waals surface area contributed by atoms with Crippen molar-refractivity contribution in [1.29, 1.82) is 0 Å². The molecule has 0 radical (unpaired) electrons. The van der Waals surface area contributed by atoms with Gasteiger partial charge < -0.3 is 24.3 Å². The molecule has 0 aliphatic carbocycles. The van der Waals surface area contributed by atoms with Crippen LogP contribution in [0.1, 0.15) is 19.4 Å². The molecule has 1 heterocycles. The number of nitrogens with one attached hydrogen (secondary N) is 1. The average molecular weight is 377 g/mol. The van der Waals surface area contributed by atoms with Crippen molar-refractivity contribution < 1.29 is 33.3 Å². The van der Waals surface area contributed by atoms with Gasteiger partial charge in [-0.3, -0.25) is 9.59 Å². The third-order valence-electron chi connectivity index (χ3n) is 4.25. The summed E-state index contributed by atoms with van der Waals surface area (Å²) in [5.41, 5.74) is -0.921. The number of methoxy groups -OCH3 is 2. The summed E-state index contributed by atoms with van der Waals surface area (Å²) in [6, 6.07) is 4.06. The fraction of sp³-hybridized carbons (Fsp3) is 0.421. The van der Waals surface area contributed by atoms with E-state index in [2.05, 4.69) is 10.1 Å². The molecule has 2 rings (SSSR count). The Balaban J connectivity index is 2.69. The Bertz CT molecular complexity index is 738. The number of carbonyl (C=O) groups excluding carboxylic acids is 3. The van der Waals surface area contributed by atoms with Gasteiger partial charge in [0.15, 0.2) is 0 Å². The molecule has 0 fully saturated rings. The number of esters is 3. The number of rotatable bonds is 7. The molecular weight excluding hydrogens is 354 g/mol. The number of anilines is 1. The lowest BCUT2D eigenvalue weighted by Gasteiger charge is -2.29. The van der Waals surface area contributed by atoms with Crippen molar-refractivity contribution in [3.8, 4) is 5.75 Å². The van der Waals surface area contributed by atoms with Crippen LogP contribution in [0, 0.1) is 0 Å². The van der Waals surface area contributed by atoms with Crippen molar-refractivity contribution >= 4 is 23.6 Å². The lowest BCUT2D eigenvalue weighted by Crippen LogP contribution is -2.53. The molecule has 1 N–H and O–H groups in total. The fourth-order valence-corrected chi connectivity index (χ4v) is 3.03. The molecule has 1 atom stereocenters. The van der Waals surface area contributed by atoms with Gasteiger partial charge in [-0.2, -0.15) is 0 Å². The van der Waals surface area contributed by atoms with Crippen molar-refractivity contribution in [2.45, 2.75) is 25.3 Å². The molecule has 0 saturated carbocycles. The van der Waals surface area contributed by atoms with Gasteiger partial charge in [0.2, 0.25) is 5.41 Å². The highest BCUT2D eigenvalue weighted by molar-refractivity contribution is 6.11. The van der Waals surface area contributed by atoms with Gasteiger partial charge in [0.05, 0.1) is 33.5 Å². The molecule has 27 heavy (non-hydrogen) atoms. The highest BCUT2D eigenvalue weighted by atomic mass is 16.6. The van der Waals surface area contributed by atoms with Gasteiger partial charge in [-0.05, 0) is 32.0 Å². The van der Waals surface area contributed by atoms with Gasteiger partial charge in [-0.25, -0.2) is 4.79 Å². The number of carbonyl (C=O) groups is 3. The summed E-state index contributed by atoms with van der Waals surface area (Å²) in [5, 5.41) is 3.08. The summed E-state index contributed by atoms with van der Waals surface area (Å²) < 4.78 is 20.3. The first-order chi connectivity index (χ1) is 12.9. The third kappa shape index (κ3) is 3.60. The normalized spacial score (nSPS) is 17.0. The summed E-state index contributed by atoms with van der Waals surface area (Å²) >= 11 is 0. The molecule has 8 heteroatoms. The Hall–Kier alpha value is -3.03. The van der Waals surface area contributed by atoms with Gasteiger partial charge in [0, 0.05) is 17.3 Å². The summed E-state index contributed by atoms with van der Waals surface area (Å²) in [6.07, 6.45) is 2.54. The molecule has 0 aromatic heterocycles. The number of benzene rings is 1. The zero-order valence-corrected chi connectivity index (χ0v) is 15.7. The highest BCUT2D eigenvalue weighted by Gasteiger charge is 2.60. The van der Waals surface area contributed by atoms with Crippen LogP contribution in [0.3, 0.4) is 0 Å². The van der Waals surface area contributed by atoms with Gasteiger partial charge >= 0.3 is 17.9 Å².